The maximum atomic E-state index is 12.5. The lowest BCUT2D eigenvalue weighted by Gasteiger charge is -2.26. The lowest BCUT2D eigenvalue weighted by Crippen LogP contribution is -2.38. The van der Waals surface area contributed by atoms with Gasteiger partial charge in [0.1, 0.15) is 5.75 Å². The molecule has 1 saturated heterocycles. The van der Waals surface area contributed by atoms with Crippen LogP contribution in [0.2, 0.25) is 0 Å². The normalized spacial score (nSPS) is 13.8. The lowest BCUT2D eigenvalue weighted by molar-refractivity contribution is -0.122. The van der Waals surface area contributed by atoms with E-state index in [-0.39, 0.29) is 12.4 Å². The van der Waals surface area contributed by atoms with Gasteiger partial charge in [-0.25, -0.2) is 0 Å². The second-order valence-electron chi connectivity index (χ2n) is 7.13. The number of morpholine rings is 1. The molecule has 0 aliphatic carbocycles. The highest BCUT2D eigenvalue weighted by Crippen LogP contribution is 2.30. The number of rotatable bonds is 6. The minimum Gasteiger partial charge on any atom is -0.508 e. The van der Waals surface area contributed by atoms with E-state index in [0.717, 1.165) is 61.5 Å². The summed E-state index contributed by atoms with van der Waals surface area (Å²) in [6, 6.07) is 11.3. The van der Waals surface area contributed by atoms with Crippen molar-refractivity contribution in [2.75, 3.05) is 39.4 Å². The Labute approximate surface area is 177 Å². The average molecular weight is 415 g/mol. The molecule has 7 heteroatoms. The number of amides is 1. The van der Waals surface area contributed by atoms with Crippen LogP contribution in [0.4, 0.5) is 0 Å². The second-order valence-corrected chi connectivity index (χ2v) is 7.13. The smallest absolute Gasteiger partial charge is 0.290 e. The number of hydrogen-bond acceptors (Lipinski definition) is 5. The highest BCUT2D eigenvalue weighted by atomic mass is 16.5. The van der Waals surface area contributed by atoms with Gasteiger partial charge in [0.05, 0.1) is 13.2 Å². The van der Waals surface area contributed by atoms with E-state index >= 15 is 0 Å². The predicted octanol–water partition coefficient (Wildman–Crippen LogP) is 2.83. The van der Waals surface area contributed by atoms with Crippen molar-refractivity contribution in [3.63, 3.8) is 0 Å². The Balaban J connectivity index is 0.00000101. The summed E-state index contributed by atoms with van der Waals surface area (Å²) in [5.74, 6) is 0.248. The fourth-order valence-electron chi connectivity index (χ4n) is 3.38. The summed E-state index contributed by atoms with van der Waals surface area (Å²) in [6.07, 6.45) is 0.932. The van der Waals surface area contributed by atoms with Crippen molar-refractivity contribution < 1.29 is 24.5 Å². The fourth-order valence-corrected chi connectivity index (χ4v) is 3.38. The number of phenols is 1. The van der Waals surface area contributed by atoms with Crippen LogP contribution in [-0.4, -0.2) is 66.9 Å². The summed E-state index contributed by atoms with van der Waals surface area (Å²) in [4.78, 5) is 23.2. The first-order valence-electron chi connectivity index (χ1n) is 10.0. The van der Waals surface area contributed by atoms with Crippen LogP contribution in [0, 0.1) is 13.8 Å². The first-order valence-corrected chi connectivity index (χ1v) is 10.0. The third-order valence-corrected chi connectivity index (χ3v) is 5.23. The zero-order valence-electron chi connectivity index (χ0n) is 17.6. The van der Waals surface area contributed by atoms with Crippen molar-refractivity contribution in [3.05, 3.63) is 53.1 Å². The van der Waals surface area contributed by atoms with Crippen LogP contribution in [0.3, 0.4) is 0 Å². The molecule has 0 aromatic heterocycles. The molecule has 1 amide bonds. The Morgan fingerprint density at radius 3 is 2.57 bits per heavy atom. The van der Waals surface area contributed by atoms with Gasteiger partial charge in [-0.15, -0.1) is 0 Å². The molecule has 1 aliphatic rings. The van der Waals surface area contributed by atoms with Crippen molar-refractivity contribution in [1.29, 1.82) is 0 Å². The van der Waals surface area contributed by atoms with Gasteiger partial charge >= 0.3 is 0 Å². The number of aromatic hydroxyl groups is 1. The molecule has 162 valence electrons. The Bertz CT molecular complexity index is 847. The number of nitrogens with one attached hydrogen (secondary N) is 1. The minimum atomic E-state index is -0.250. The molecule has 0 bridgehead atoms. The highest BCUT2D eigenvalue weighted by molar-refractivity contribution is 5.95. The van der Waals surface area contributed by atoms with Crippen LogP contribution in [0.1, 0.15) is 27.9 Å². The largest absolute Gasteiger partial charge is 0.508 e. The van der Waals surface area contributed by atoms with Crippen molar-refractivity contribution in [2.45, 2.75) is 20.3 Å². The molecule has 2 aromatic carbocycles. The molecule has 3 rings (SSSR count). The van der Waals surface area contributed by atoms with Gasteiger partial charge in [0, 0.05) is 25.2 Å². The molecule has 30 heavy (non-hydrogen) atoms. The number of benzene rings is 2. The maximum absolute atomic E-state index is 12.5. The summed E-state index contributed by atoms with van der Waals surface area (Å²) in [6.45, 7) is 8.84. The summed E-state index contributed by atoms with van der Waals surface area (Å²) in [5, 5.41) is 19.8. The van der Waals surface area contributed by atoms with Crippen LogP contribution in [-0.2, 0) is 9.53 Å². The monoisotopic (exact) mass is 414 g/mol. The maximum Gasteiger partial charge on any atom is 0.290 e. The summed E-state index contributed by atoms with van der Waals surface area (Å²) >= 11 is 0. The van der Waals surface area contributed by atoms with E-state index in [9.17, 15) is 9.90 Å². The van der Waals surface area contributed by atoms with Crippen LogP contribution in [0.25, 0.3) is 11.1 Å². The number of ether oxygens (including phenoxy) is 1. The molecule has 0 spiro atoms. The van der Waals surface area contributed by atoms with E-state index in [0.29, 0.717) is 17.9 Å². The van der Waals surface area contributed by atoms with E-state index in [1.807, 2.05) is 44.2 Å². The summed E-state index contributed by atoms with van der Waals surface area (Å²) in [5.41, 5.74) is 4.57. The van der Waals surface area contributed by atoms with E-state index in [1.165, 1.54) is 0 Å². The Hall–Kier alpha value is -2.90. The molecular weight excluding hydrogens is 384 g/mol. The van der Waals surface area contributed by atoms with E-state index in [4.69, 9.17) is 14.6 Å². The number of nitrogens with zero attached hydrogens (tertiary/aromatic N) is 1. The van der Waals surface area contributed by atoms with Crippen LogP contribution < -0.4 is 5.32 Å². The first-order chi connectivity index (χ1) is 14.5. The summed E-state index contributed by atoms with van der Waals surface area (Å²) in [7, 11) is 0. The second kappa shape index (κ2) is 11.9. The molecule has 3 N–H and O–H groups in total. The van der Waals surface area contributed by atoms with Crippen LogP contribution >= 0.6 is 0 Å². The van der Waals surface area contributed by atoms with Crippen LogP contribution in [0.5, 0.6) is 5.75 Å². The predicted molar refractivity (Wildman–Crippen MR) is 116 cm³/mol. The molecule has 0 radical (unpaired) electrons. The SMILES string of the molecule is Cc1c(O)ccc(-c2cccc(C(=O)NCCCN3CCOCC3)c2)c1C.O=CO. The number of carbonyl (C=O) groups is 2. The third kappa shape index (κ3) is 6.57. The topological polar surface area (TPSA) is 99.1 Å². The first kappa shape index (κ1) is 23.4. The van der Waals surface area contributed by atoms with Crippen molar-refractivity contribution >= 4 is 12.4 Å². The molecule has 0 saturated carbocycles. The lowest BCUT2D eigenvalue weighted by atomic mass is 9.95. The van der Waals surface area contributed by atoms with Crippen molar-refractivity contribution in [1.82, 2.24) is 10.2 Å². The third-order valence-electron chi connectivity index (χ3n) is 5.23. The van der Waals surface area contributed by atoms with Crippen molar-refractivity contribution in [2.24, 2.45) is 0 Å². The minimum absolute atomic E-state index is 0.0491. The number of hydrogen-bond donors (Lipinski definition) is 3. The quantitative estimate of drug-likeness (QED) is 0.497. The molecule has 0 atom stereocenters. The average Bonchev–Trinajstić information content (AvgIpc) is 2.76. The Morgan fingerprint density at radius 2 is 1.87 bits per heavy atom. The molecule has 0 unspecified atom stereocenters. The Morgan fingerprint density at radius 1 is 1.17 bits per heavy atom. The van der Waals surface area contributed by atoms with Gasteiger partial charge in [-0.1, -0.05) is 18.2 Å². The molecule has 1 heterocycles. The standard InChI is InChI=1S/C22H28N2O3.CH2O2/c1-16-17(2)21(25)8-7-20(16)18-5-3-6-19(15-18)22(26)23-9-4-10-24-11-13-27-14-12-24;2-1-3/h3,5-8,15,25H,4,9-14H2,1-2H3,(H,23,26);1H,(H,2,3). The molecular formula is C23H30N2O5. The molecule has 1 fully saturated rings. The van der Waals surface area contributed by atoms with E-state index in [1.54, 1.807) is 6.07 Å². The number of carboxylic acid groups (broad SMARTS) is 1. The zero-order chi connectivity index (χ0) is 21.9. The van der Waals surface area contributed by atoms with Gasteiger partial charge in [0.2, 0.25) is 0 Å². The van der Waals surface area contributed by atoms with Gasteiger partial charge in [-0.2, -0.15) is 0 Å². The number of phenolic OH excluding ortho intramolecular Hbond substituents is 1. The van der Waals surface area contributed by atoms with E-state index in [2.05, 4.69) is 10.2 Å². The highest BCUT2D eigenvalue weighted by Gasteiger charge is 2.12. The van der Waals surface area contributed by atoms with E-state index < -0.39 is 0 Å². The zero-order valence-corrected chi connectivity index (χ0v) is 17.6. The number of carbonyl (C=O) groups excluding carboxylic acids is 1. The fraction of sp³-hybridized carbons (Fsp3) is 0.391. The van der Waals surface area contributed by atoms with Gasteiger partial charge in [-0.05, 0) is 67.3 Å². The Kier molecular flexibility index (Phi) is 9.31. The van der Waals surface area contributed by atoms with Gasteiger partial charge in [0.25, 0.3) is 12.4 Å². The molecule has 7 nitrogen and oxygen atoms in total. The summed E-state index contributed by atoms with van der Waals surface area (Å²) < 4.78 is 5.35. The molecule has 1 aliphatic heterocycles. The molecule has 2 aromatic rings. The van der Waals surface area contributed by atoms with Crippen LogP contribution in [0.15, 0.2) is 36.4 Å². The van der Waals surface area contributed by atoms with Gasteiger partial charge < -0.3 is 20.3 Å². The van der Waals surface area contributed by atoms with Crippen molar-refractivity contribution in [3.8, 4) is 16.9 Å². The van der Waals surface area contributed by atoms with Gasteiger partial charge in [-0.3, -0.25) is 14.5 Å². The van der Waals surface area contributed by atoms with Gasteiger partial charge in [0.15, 0.2) is 0 Å².